The van der Waals surface area contributed by atoms with Crippen LogP contribution in [0.5, 0.6) is 0 Å². The van der Waals surface area contributed by atoms with Crippen molar-refractivity contribution >= 4 is 35.4 Å². The molecule has 11 heteroatoms. The van der Waals surface area contributed by atoms with E-state index in [1.165, 1.54) is 4.90 Å². The van der Waals surface area contributed by atoms with Gasteiger partial charge in [-0.3, -0.25) is 14.3 Å². The molecule has 1 saturated heterocycles. The maximum Gasteiger partial charge on any atom is 0.410 e. The van der Waals surface area contributed by atoms with E-state index in [0.29, 0.717) is 49.2 Å². The Hall–Kier alpha value is -3.89. The Kier molecular flexibility index (Phi) is 7.51. The highest BCUT2D eigenvalue weighted by Gasteiger charge is 2.38. The molecule has 0 spiro atoms. The number of piperazine rings is 1. The van der Waals surface area contributed by atoms with Crippen molar-refractivity contribution in [2.24, 2.45) is 0 Å². The van der Waals surface area contributed by atoms with Gasteiger partial charge >= 0.3 is 6.09 Å². The zero-order valence-electron chi connectivity index (χ0n) is 21.4. The predicted octanol–water partition coefficient (Wildman–Crippen LogP) is 3.43. The minimum absolute atomic E-state index is 0.262. The minimum atomic E-state index is -0.798. The smallest absolute Gasteiger partial charge is 0.410 e. The van der Waals surface area contributed by atoms with Crippen molar-refractivity contribution in [3.63, 3.8) is 0 Å². The average molecular weight is 524 g/mol. The highest BCUT2D eigenvalue weighted by atomic mass is 35.5. The number of nitrogens with zero attached hydrogens (tertiary/aromatic N) is 6. The van der Waals surface area contributed by atoms with Gasteiger partial charge in [0.15, 0.2) is 17.1 Å². The number of carbonyl (C=O) groups is 2. The number of fused-ring (bicyclic) bond motifs is 1. The molecule has 0 bridgehead atoms. The number of hydrogen-bond donors (Lipinski definition) is 1. The maximum absolute atomic E-state index is 13.7. The maximum atomic E-state index is 13.7. The van der Waals surface area contributed by atoms with Gasteiger partial charge in [0.2, 0.25) is 5.95 Å². The van der Waals surface area contributed by atoms with Crippen LogP contribution in [0.2, 0.25) is 0 Å². The third-order valence-corrected chi connectivity index (χ3v) is 6.35. The molecule has 2 amide bonds. The molecule has 10 nitrogen and oxygen atoms in total. The van der Waals surface area contributed by atoms with E-state index in [1.807, 2.05) is 25.7 Å². The van der Waals surface area contributed by atoms with Crippen molar-refractivity contribution in [3.8, 4) is 17.9 Å². The quantitative estimate of drug-likeness (QED) is 0.371. The lowest BCUT2D eigenvalue weighted by molar-refractivity contribution is 0.0240. The third-order valence-electron chi connectivity index (χ3n) is 6.00. The van der Waals surface area contributed by atoms with Gasteiger partial charge in [-0.2, -0.15) is 10.2 Å². The Bertz CT molecular complexity index is 1270. The van der Waals surface area contributed by atoms with Crippen LogP contribution in [0.1, 0.15) is 49.3 Å². The monoisotopic (exact) mass is 523 g/mol. The molecule has 2 aliphatic rings. The summed E-state index contributed by atoms with van der Waals surface area (Å²) < 4.78 is 7.30. The molecule has 1 N–H and O–H groups in total. The number of ether oxygens (including phenoxy) is 1. The van der Waals surface area contributed by atoms with Gasteiger partial charge in [0.1, 0.15) is 5.60 Å². The van der Waals surface area contributed by atoms with Crippen LogP contribution < -0.4 is 10.2 Å². The highest BCUT2D eigenvalue weighted by molar-refractivity contribution is 6.24. The van der Waals surface area contributed by atoms with E-state index < -0.39 is 11.2 Å². The number of anilines is 2. The second-order valence-corrected chi connectivity index (χ2v) is 10.2. The molecule has 2 aromatic rings. The molecule has 1 fully saturated rings. The van der Waals surface area contributed by atoms with Crippen LogP contribution in [0.25, 0.3) is 0 Å². The van der Waals surface area contributed by atoms with Gasteiger partial charge < -0.3 is 19.9 Å². The Morgan fingerprint density at radius 2 is 1.89 bits per heavy atom. The number of alkyl halides is 1. The van der Waals surface area contributed by atoms with Crippen LogP contribution in [0.4, 0.5) is 16.6 Å². The Balaban J connectivity index is 1.57. The van der Waals surface area contributed by atoms with Gasteiger partial charge in [0, 0.05) is 32.7 Å². The van der Waals surface area contributed by atoms with E-state index in [9.17, 15) is 9.59 Å². The molecule has 1 unspecified atom stereocenters. The summed E-state index contributed by atoms with van der Waals surface area (Å²) in [6.45, 7) is 9.82. The summed E-state index contributed by atoms with van der Waals surface area (Å²) in [5.41, 5.74) is 0.423. The summed E-state index contributed by atoms with van der Waals surface area (Å²) in [7, 11) is 0. The lowest BCUT2D eigenvalue weighted by Crippen LogP contribution is -2.50. The molecule has 4 rings (SSSR count). The Morgan fingerprint density at radius 3 is 2.49 bits per heavy atom. The molecular weight excluding hydrogens is 494 g/mol. The molecule has 1 aromatic carbocycles. The summed E-state index contributed by atoms with van der Waals surface area (Å²) in [6.07, 6.45) is -0.341. The third kappa shape index (κ3) is 5.76. The van der Waals surface area contributed by atoms with E-state index in [-0.39, 0.29) is 25.1 Å². The SMILES string of the molecule is CC#CCn1c(N2CCN(C(=O)OC(C)(C)C)CC2)nc2c1C(=O)N(Cc1ccc(C#N)cc1)C(Cl)N2. The van der Waals surface area contributed by atoms with Gasteiger partial charge in [0.25, 0.3) is 5.91 Å². The Morgan fingerprint density at radius 1 is 1.22 bits per heavy atom. The van der Waals surface area contributed by atoms with Crippen molar-refractivity contribution in [3.05, 3.63) is 41.1 Å². The van der Waals surface area contributed by atoms with Gasteiger partial charge in [-0.05, 0) is 45.4 Å². The molecule has 2 aliphatic heterocycles. The molecule has 3 heterocycles. The van der Waals surface area contributed by atoms with Gasteiger partial charge in [-0.15, -0.1) is 5.92 Å². The number of rotatable bonds is 4. The highest BCUT2D eigenvalue weighted by Crippen LogP contribution is 2.32. The van der Waals surface area contributed by atoms with Crippen molar-refractivity contribution in [1.82, 2.24) is 19.4 Å². The molecule has 0 radical (unpaired) electrons. The van der Waals surface area contributed by atoms with Gasteiger partial charge in [-0.25, -0.2) is 4.79 Å². The molecule has 0 aliphatic carbocycles. The van der Waals surface area contributed by atoms with E-state index in [0.717, 1.165) is 5.56 Å². The van der Waals surface area contributed by atoms with Crippen molar-refractivity contribution in [2.45, 2.75) is 52.0 Å². The number of benzene rings is 1. The first-order chi connectivity index (χ1) is 17.6. The molecule has 0 saturated carbocycles. The fraction of sp³-hybridized carbons (Fsp3) is 0.462. The van der Waals surface area contributed by atoms with Crippen LogP contribution in [-0.4, -0.2) is 68.8 Å². The molecule has 1 aromatic heterocycles. The minimum Gasteiger partial charge on any atom is -0.444 e. The summed E-state index contributed by atoms with van der Waals surface area (Å²) >= 11 is 6.56. The first-order valence-corrected chi connectivity index (χ1v) is 12.5. The van der Waals surface area contributed by atoms with E-state index >= 15 is 0 Å². The lowest BCUT2D eigenvalue weighted by Gasteiger charge is -2.36. The van der Waals surface area contributed by atoms with E-state index in [4.69, 9.17) is 26.6 Å². The summed E-state index contributed by atoms with van der Waals surface area (Å²) in [6, 6.07) is 9.12. The summed E-state index contributed by atoms with van der Waals surface area (Å²) in [4.78, 5) is 36.1. The molecule has 37 heavy (non-hydrogen) atoms. The fourth-order valence-electron chi connectivity index (χ4n) is 4.19. The number of aromatic nitrogens is 2. The van der Waals surface area contributed by atoms with Gasteiger partial charge in [-0.1, -0.05) is 29.7 Å². The normalized spacial score (nSPS) is 17.4. The van der Waals surface area contributed by atoms with Crippen molar-refractivity contribution in [1.29, 1.82) is 5.26 Å². The zero-order chi connectivity index (χ0) is 26.7. The van der Waals surface area contributed by atoms with Crippen LogP contribution in [-0.2, 0) is 17.8 Å². The zero-order valence-corrected chi connectivity index (χ0v) is 22.2. The lowest BCUT2D eigenvalue weighted by atomic mass is 10.1. The number of nitrogens with one attached hydrogen (secondary N) is 1. The summed E-state index contributed by atoms with van der Waals surface area (Å²) in [5, 5.41) is 12.2. The average Bonchev–Trinajstić information content (AvgIpc) is 3.22. The van der Waals surface area contributed by atoms with Crippen LogP contribution in [0.15, 0.2) is 24.3 Å². The largest absolute Gasteiger partial charge is 0.444 e. The first-order valence-electron chi connectivity index (χ1n) is 12.0. The van der Waals surface area contributed by atoms with Crippen LogP contribution in [0.3, 0.4) is 0 Å². The second kappa shape index (κ2) is 10.6. The number of imidazole rings is 1. The number of carbonyl (C=O) groups excluding carboxylic acids is 2. The topological polar surface area (TPSA) is 107 Å². The molecule has 194 valence electrons. The van der Waals surface area contributed by atoms with Crippen LogP contribution >= 0.6 is 11.6 Å². The van der Waals surface area contributed by atoms with Crippen molar-refractivity contribution < 1.29 is 14.3 Å². The summed E-state index contributed by atoms with van der Waals surface area (Å²) in [5.74, 6) is 6.67. The number of amides is 2. The van der Waals surface area contributed by atoms with E-state index in [1.54, 1.807) is 40.7 Å². The molecular formula is C26H30ClN7O3. The fourth-order valence-corrected chi connectivity index (χ4v) is 4.45. The van der Waals surface area contributed by atoms with Crippen LogP contribution in [0, 0.1) is 23.2 Å². The second-order valence-electron chi connectivity index (χ2n) is 9.80. The van der Waals surface area contributed by atoms with Gasteiger partial charge in [0.05, 0.1) is 18.2 Å². The van der Waals surface area contributed by atoms with E-state index in [2.05, 4.69) is 23.2 Å². The number of hydrogen-bond acceptors (Lipinski definition) is 7. The van der Waals surface area contributed by atoms with Crippen molar-refractivity contribution in [2.75, 3.05) is 36.4 Å². The first kappa shape index (κ1) is 26.2. The molecule has 1 atom stereocenters. The standard InChI is InChI=1S/C26H30ClN7O3/c1-5-6-11-33-20-21(29-23(27)34(22(20)35)17-19-9-7-18(16-28)8-10-19)30-24(33)31-12-14-32(15-13-31)25(36)37-26(2,3)4/h7-10,23,29H,11-15,17H2,1-4H3. The Labute approximate surface area is 221 Å². The number of nitriles is 1. The predicted molar refractivity (Wildman–Crippen MR) is 140 cm³/mol. The number of halogens is 1.